The Kier molecular flexibility index (Phi) is 9.80. The van der Waals surface area contributed by atoms with Gasteiger partial charge in [-0.3, -0.25) is 24.0 Å². The van der Waals surface area contributed by atoms with Crippen LogP contribution in [0, 0.1) is 5.92 Å². The van der Waals surface area contributed by atoms with Crippen molar-refractivity contribution >= 4 is 29.5 Å². The van der Waals surface area contributed by atoms with Gasteiger partial charge in [0.15, 0.2) is 0 Å². The first kappa shape index (κ1) is 27.5. The van der Waals surface area contributed by atoms with Gasteiger partial charge in [-0.25, -0.2) is 0 Å². The fourth-order valence-electron chi connectivity index (χ4n) is 4.07. The molecule has 34 heavy (non-hydrogen) atoms. The van der Waals surface area contributed by atoms with Gasteiger partial charge in [-0.2, -0.15) is 0 Å². The predicted molar refractivity (Wildman–Crippen MR) is 123 cm³/mol. The fourth-order valence-corrected chi connectivity index (χ4v) is 4.07. The number of fused-ring (bicyclic) bond motifs is 1. The molecule has 2 aliphatic heterocycles. The van der Waals surface area contributed by atoms with E-state index in [1.807, 2.05) is 0 Å². The lowest BCUT2D eigenvalue weighted by Crippen LogP contribution is -2.69. The average molecular weight is 483 g/mol. The van der Waals surface area contributed by atoms with Crippen molar-refractivity contribution in [2.45, 2.75) is 76.5 Å². The van der Waals surface area contributed by atoms with Crippen molar-refractivity contribution in [3.63, 3.8) is 0 Å². The minimum absolute atomic E-state index is 0.00850. The van der Waals surface area contributed by atoms with E-state index < -0.39 is 53.9 Å². The molecule has 0 spiro atoms. The molecular formula is C22H38N6O6. The second-order valence-electron chi connectivity index (χ2n) is 9.39. The summed E-state index contributed by atoms with van der Waals surface area (Å²) in [5.41, 5.74) is 4.42. The van der Waals surface area contributed by atoms with Gasteiger partial charge in [0.2, 0.25) is 29.5 Å². The minimum Gasteiger partial charge on any atom is -0.394 e. The summed E-state index contributed by atoms with van der Waals surface area (Å²) in [6, 6.07) is -3.20. The van der Waals surface area contributed by atoms with Gasteiger partial charge in [-0.15, -0.1) is 0 Å². The van der Waals surface area contributed by atoms with Crippen molar-refractivity contribution in [3.8, 4) is 0 Å². The number of unbranched alkanes of at least 4 members (excludes halogenated alkanes) is 1. The van der Waals surface area contributed by atoms with E-state index in [2.05, 4.69) is 21.3 Å². The first-order valence-electron chi connectivity index (χ1n) is 11.9. The predicted octanol–water partition coefficient (Wildman–Crippen LogP) is -2.27. The summed E-state index contributed by atoms with van der Waals surface area (Å²) < 4.78 is 0. The third kappa shape index (κ3) is 6.44. The lowest BCUT2D eigenvalue weighted by atomic mass is 9.84. The van der Waals surface area contributed by atoms with Crippen LogP contribution in [0.1, 0.15) is 52.9 Å². The SMILES string of the molecule is CC(C)[C@@H]1NC(=O)[C@]2(C)CCN2C(=O)CCNC(=O)[C@H](CCCCN)NC(=O)[C@H](CO)NC1=O. The summed E-state index contributed by atoms with van der Waals surface area (Å²) in [6.07, 6.45) is 1.97. The maximum Gasteiger partial charge on any atom is 0.246 e. The Morgan fingerprint density at radius 1 is 1.03 bits per heavy atom. The molecule has 0 bridgehead atoms. The lowest BCUT2D eigenvalue weighted by molar-refractivity contribution is -0.158. The molecule has 0 radical (unpaired) electrons. The lowest BCUT2D eigenvalue weighted by Gasteiger charge is -2.49. The Morgan fingerprint density at radius 3 is 2.26 bits per heavy atom. The highest BCUT2D eigenvalue weighted by atomic mass is 16.3. The summed E-state index contributed by atoms with van der Waals surface area (Å²) in [7, 11) is 0. The number of amides is 5. The van der Waals surface area contributed by atoms with E-state index in [0.29, 0.717) is 38.8 Å². The highest BCUT2D eigenvalue weighted by Crippen LogP contribution is 2.31. The minimum atomic E-state index is -1.30. The van der Waals surface area contributed by atoms with Crippen molar-refractivity contribution in [2.24, 2.45) is 11.7 Å². The molecule has 4 atom stereocenters. The maximum absolute atomic E-state index is 13.0. The van der Waals surface area contributed by atoms with Gasteiger partial charge in [0.25, 0.3) is 0 Å². The number of carbonyl (C=O) groups is 5. The van der Waals surface area contributed by atoms with Crippen LogP contribution in [0.2, 0.25) is 0 Å². The molecule has 7 N–H and O–H groups in total. The Balaban J connectivity index is 2.31. The van der Waals surface area contributed by atoms with Gasteiger partial charge >= 0.3 is 0 Å². The molecule has 0 aliphatic carbocycles. The zero-order valence-corrected chi connectivity index (χ0v) is 20.2. The Bertz CT molecular complexity index is 790. The molecule has 12 heteroatoms. The van der Waals surface area contributed by atoms with Crippen molar-refractivity contribution < 1.29 is 29.1 Å². The standard InChI is InChI=1S/C22H38N6O6/c1-13(2)17-20(33)26-15(12-29)19(32)25-14(6-4-5-9-23)18(31)24-10-7-16(30)28-11-8-22(28,3)21(34)27-17/h13-15,17,29H,4-12,23H2,1-3H3,(H,24,31)(H,25,32)(H,26,33)(H,27,34)/t14-,15-,17-,22-/m0/s1. The molecular weight excluding hydrogens is 444 g/mol. The Labute approximate surface area is 199 Å². The fraction of sp³-hybridized carbons (Fsp3) is 0.773. The molecule has 12 nitrogen and oxygen atoms in total. The van der Waals surface area contributed by atoms with Crippen molar-refractivity contribution in [1.82, 2.24) is 26.2 Å². The van der Waals surface area contributed by atoms with E-state index in [4.69, 9.17) is 5.73 Å². The van der Waals surface area contributed by atoms with Crippen LogP contribution >= 0.6 is 0 Å². The quantitative estimate of drug-likeness (QED) is 0.231. The molecule has 2 heterocycles. The van der Waals surface area contributed by atoms with E-state index in [-0.39, 0.29) is 24.8 Å². The largest absolute Gasteiger partial charge is 0.394 e. The smallest absolute Gasteiger partial charge is 0.246 e. The zero-order valence-electron chi connectivity index (χ0n) is 20.2. The summed E-state index contributed by atoms with van der Waals surface area (Å²) in [4.78, 5) is 65.7. The molecule has 2 saturated heterocycles. The first-order valence-corrected chi connectivity index (χ1v) is 11.9. The van der Waals surface area contributed by atoms with Crippen molar-refractivity contribution in [1.29, 1.82) is 0 Å². The molecule has 0 aromatic heterocycles. The molecule has 0 saturated carbocycles. The number of nitrogens with one attached hydrogen (secondary N) is 4. The van der Waals surface area contributed by atoms with Crippen LogP contribution < -0.4 is 27.0 Å². The molecule has 0 unspecified atom stereocenters. The zero-order chi connectivity index (χ0) is 25.5. The van der Waals surface area contributed by atoms with E-state index >= 15 is 0 Å². The van der Waals surface area contributed by atoms with Gasteiger partial charge in [-0.05, 0) is 45.1 Å². The van der Waals surface area contributed by atoms with Gasteiger partial charge in [0.1, 0.15) is 23.7 Å². The Morgan fingerprint density at radius 2 is 1.71 bits per heavy atom. The molecule has 192 valence electrons. The molecule has 2 rings (SSSR count). The monoisotopic (exact) mass is 482 g/mol. The number of nitrogens with zero attached hydrogens (tertiary/aromatic N) is 1. The van der Waals surface area contributed by atoms with Crippen LogP contribution in [0.3, 0.4) is 0 Å². The van der Waals surface area contributed by atoms with Crippen LogP contribution in [0.15, 0.2) is 0 Å². The van der Waals surface area contributed by atoms with E-state index in [1.54, 1.807) is 20.8 Å². The molecule has 5 amide bonds. The van der Waals surface area contributed by atoms with Gasteiger partial charge in [0, 0.05) is 19.5 Å². The topological polar surface area (TPSA) is 183 Å². The van der Waals surface area contributed by atoms with Crippen molar-refractivity contribution in [3.05, 3.63) is 0 Å². The van der Waals surface area contributed by atoms with Gasteiger partial charge in [-0.1, -0.05) is 13.8 Å². The molecule has 0 aromatic carbocycles. The van der Waals surface area contributed by atoms with Crippen LogP contribution in [-0.2, 0) is 24.0 Å². The first-order chi connectivity index (χ1) is 16.0. The highest BCUT2D eigenvalue weighted by Gasteiger charge is 2.50. The van der Waals surface area contributed by atoms with Crippen LogP contribution in [0.25, 0.3) is 0 Å². The maximum atomic E-state index is 13.0. The summed E-state index contributed by atoms with van der Waals surface area (Å²) in [5.74, 6) is -2.93. The van der Waals surface area contributed by atoms with Crippen LogP contribution in [-0.4, -0.2) is 89.4 Å². The molecule has 0 aromatic rings. The normalized spacial score (nSPS) is 29.5. The number of aliphatic hydroxyl groups excluding tert-OH is 1. The summed E-state index contributed by atoms with van der Waals surface area (Å²) in [5, 5.41) is 20.2. The second-order valence-corrected chi connectivity index (χ2v) is 9.39. The van der Waals surface area contributed by atoms with Gasteiger partial charge < -0.3 is 37.0 Å². The molecule has 2 fully saturated rings. The number of aliphatic hydroxyl groups is 1. The van der Waals surface area contributed by atoms with Crippen LogP contribution in [0.5, 0.6) is 0 Å². The highest BCUT2D eigenvalue weighted by molar-refractivity contribution is 5.98. The number of hydrogen-bond donors (Lipinski definition) is 6. The third-order valence-corrected chi connectivity index (χ3v) is 6.48. The summed E-state index contributed by atoms with van der Waals surface area (Å²) >= 11 is 0. The average Bonchev–Trinajstić information content (AvgIpc) is 2.77. The van der Waals surface area contributed by atoms with E-state index in [9.17, 15) is 29.1 Å². The summed E-state index contributed by atoms with van der Waals surface area (Å²) in [6.45, 7) is 5.31. The number of hydrogen-bond acceptors (Lipinski definition) is 7. The van der Waals surface area contributed by atoms with Crippen molar-refractivity contribution in [2.75, 3.05) is 26.2 Å². The van der Waals surface area contributed by atoms with E-state index in [0.717, 1.165) is 0 Å². The van der Waals surface area contributed by atoms with E-state index in [1.165, 1.54) is 4.90 Å². The number of nitrogens with two attached hydrogens (primary N) is 1. The number of carbonyl (C=O) groups excluding carboxylic acids is 5. The number of rotatable bonds is 6. The molecule has 2 aliphatic rings. The van der Waals surface area contributed by atoms with Gasteiger partial charge in [0.05, 0.1) is 6.61 Å². The Hall–Kier alpha value is -2.73. The second kappa shape index (κ2) is 12.1. The van der Waals surface area contributed by atoms with Crippen LogP contribution in [0.4, 0.5) is 0 Å². The third-order valence-electron chi connectivity index (χ3n) is 6.48.